The smallest absolute Gasteiger partial charge is 0.310 e. The van der Waals surface area contributed by atoms with E-state index in [1.54, 1.807) is 17.9 Å². The molecule has 0 aliphatic carbocycles. The lowest BCUT2D eigenvalue weighted by Crippen LogP contribution is -2.42. The maximum Gasteiger partial charge on any atom is 0.310 e. The maximum atomic E-state index is 12.8. The number of fused-ring (bicyclic) bond motifs is 1. The Morgan fingerprint density at radius 2 is 1.92 bits per heavy atom. The minimum absolute atomic E-state index is 0.244. The average molecular weight is 344 g/mol. The van der Waals surface area contributed by atoms with Gasteiger partial charge in [-0.1, -0.05) is 0 Å². The first-order chi connectivity index (χ1) is 11.9. The van der Waals surface area contributed by atoms with Crippen molar-refractivity contribution in [3.05, 3.63) is 34.9 Å². The molecule has 1 atom stereocenters. The highest BCUT2D eigenvalue weighted by Crippen LogP contribution is 2.25. The lowest BCUT2D eigenvalue weighted by atomic mass is 9.97. The van der Waals surface area contributed by atoms with Gasteiger partial charge in [-0.15, -0.1) is 0 Å². The third kappa shape index (κ3) is 3.01. The highest BCUT2D eigenvalue weighted by atomic mass is 16.5. The van der Waals surface area contributed by atoms with Crippen LogP contribution in [0, 0.1) is 5.92 Å². The van der Waals surface area contributed by atoms with E-state index >= 15 is 0 Å². The normalized spacial score (nSPS) is 19.8. The van der Waals surface area contributed by atoms with Crippen molar-refractivity contribution in [3.63, 3.8) is 0 Å². The van der Waals surface area contributed by atoms with E-state index in [2.05, 4.69) is 0 Å². The first-order valence-corrected chi connectivity index (χ1v) is 8.36. The standard InChI is InChI=1S/C18H20N2O5/c1-3-25-18(24)12-5-4-8-20(10-12)15(21)11-6-7-13-14(9-11)17(23)19(2)16(13)22/h6-7,9,12H,3-5,8,10H2,1-2H3. The summed E-state index contributed by atoms with van der Waals surface area (Å²) in [4.78, 5) is 51.3. The monoisotopic (exact) mass is 344 g/mol. The number of likely N-dealkylation sites (tertiary alicyclic amines) is 1. The number of hydrogen-bond donors (Lipinski definition) is 0. The van der Waals surface area contributed by atoms with Gasteiger partial charge in [0.15, 0.2) is 0 Å². The van der Waals surface area contributed by atoms with Gasteiger partial charge in [-0.3, -0.25) is 24.1 Å². The molecular formula is C18H20N2O5. The summed E-state index contributed by atoms with van der Waals surface area (Å²) in [6.45, 7) is 2.93. The summed E-state index contributed by atoms with van der Waals surface area (Å²) >= 11 is 0. The van der Waals surface area contributed by atoms with Crippen LogP contribution in [-0.2, 0) is 9.53 Å². The first kappa shape index (κ1) is 17.1. The Labute approximate surface area is 145 Å². The molecule has 1 aromatic rings. The van der Waals surface area contributed by atoms with Crippen LogP contribution in [0.15, 0.2) is 18.2 Å². The van der Waals surface area contributed by atoms with Gasteiger partial charge >= 0.3 is 5.97 Å². The van der Waals surface area contributed by atoms with Crippen LogP contribution in [-0.4, -0.2) is 60.2 Å². The fraction of sp³-hybridized carbons (Fsp3) is 0.444. The van der Waals surface area contributed by atoms with E-state index in [1.807, 2.05) is 0 Å². The highest BCUT2D eigenvalue weighted by Gasteiger charge is 2.34. The predicted molar refractivity (Wildman–Crippen MR) is 88.1 cm³/mol. The molecule has 1 unspecified atom stereocenters. The minimum Gasteiger partial charge on any atom is -0.466 e. The van der Waals surface area contributed by atoms with E-state index in [9.17, 15) is 19.2 Å². The largest absolute Gasteiger partial charge is 0.466 e. The van der Waals surface area contributed by atoms with Gasteiger partial charge in [-0.25, -0.2) is 0 Å². The predicted octanol–water partition coefficient (Wildman–Crippen LogP) is 1.33. The molecule has 3 rings (SSSR count). The summed E-state index contributed by atoms with van der Waals surface area (Å²) in [6.07, 6.45) is 1.42. The molecule has 0 bridgehead atoms. The second-order valence-electron chi connectivity index (χ2n) is 6.27. The molecule has 7 heteroatoms. The second kappa shape index (κ2) is 6.66. The topological polar surface area (TPSA) is 84.0 Å². The van der Waals surface area contributed by atoms with Gasteiger partial charge in [-0.05, 0) is 38.0 Å². The van der Waals surface area contributed by atoms with E-state index in [-0.39, 0.29) is 29.3 Å². The Balaban J connectivity index is 1.79. The fourth-order valence-electron chi connectivity index (χ4n) is 3.29. The molecule has 0 spiro atoms. The van der Waals surface area contributed by atoms with E-state index in [0.29, 0.717) is 37.2 Å². The minimum atomic E-state index is -0.405. The lowest BCUT2D eigenvalue weighted by molar-refractivity contribution is -0.149. The molecule has 3 amide bonds. The Hall–Kier alpha value is -2.70. The van der Waals surface area contributed by atoms with Crippen molar-refractivity contribution in [2.24, 2.45) is 5.92 Å². The number of amides is 3. The van der Waals surface area contributed by atoms with Crippen LogP contribution in [0.2, 0.25) is 0 Å². The lowest BCUT2D eigenvalue weighted by Gasteiger charge is -2.31. The third-order valence-electron chi connectivity index (χ3n) is 4.67. The number of rotatable bonds is 3. The van der Waals surface area contributed by atoms with E-state index in [4.69, 9.17) is 4.74 Å². The van der Waals surface area contributed by atoms with Crippen LogP contribution in [0.1, 0.15) is 50.8 Å². The number of carbonyl (C=O) groups is 4. The molecule has 2 aliphatic rings. The highest BCUT2D eigenvalue weighted by molar-refractivity contribution is 6.21. The number of imide groups is 1. The van der Waals surface area contributed by atoms with Crippen LogP contribution in [0.5, 0.6) is 0 Å². The molecule has 1 aromatic carbocycles. The molecule has 1 fully saturated rings. The van der Waals surface area contributed by atoms with Gasteiger partial charge < -0.3 is 9.64 Å². The van der Waals surface area contributed by atoms with E-state index in [1.165, 1.54) is 19.2 Å². The summed E-state index contributed by atoms with van der Waals surface area (Å²) in [6, 6.07) is 4.54. The molecule has 0 aromatic heterocycles. The van der Waals surface area contributed by atoms with Crippen molar-refractivity contribution in [2.75, 3.05) is 26.7 Å². The van der Waals surface area contributed by atoms with Crippen molar-refractivity contribution in [1.29, 1.82) is 0 Å². The molecule has 0 N–H and O–H groups in total. The quantitative estimate of drug-likeness (QED) is 0.610. The number of esters is 1. The Bertz CT molecular complexity index is 758. The number of nitrogens with zero attached hydrogens (tertiary/aromatic N) is 2. The maximum absolute atomic E-state index is 12.8. The molecule has 0 radical (unpaired) electrons. The van der Waals surface area contributed by atoms with Crippen LogP contribution in [0.4, 0.5) is 0 Å². The van der Waals surface area contributed by atoms with Gasteiger partial charge in [0.1, 0.15) is 0 Å². The molecule has 0 saturated carbocycles. The van der Waals surface area contributed by atoms with Crippen LogP contribution in [0.25, 0.3) is 0 Å². The summed E-state index contributed by atoms with van der Waals surface area (Å²) in [5, 5.41) is 0. The molecule has 7 nitrogen and oxygen atoms in total. The van der Waals surface area contributed by atoms with E-state index < -0.39 is 5.91 Å². The van der Waals surface area contributed by atoms with Crippen molar-refractivity contribution in [2.45, 2.75) is 19.8 Å². The summed E-state index contributed by atoms with van der Waals surface area (Å²) < 4.78 is 5.05. The average Bonchev–Trinajstić information content (AvgIpc) is 2.85. The second-order valence-corrected chi connectivity index (χ2v) is 6.27. The zero-order valence-corrected chi connectivity index (χ0v) is 14.3. The zero-order chi connectivity index (χ0) is 18.1. The SMILES string of the molecule is CCOC(=O)C1CCCN(C(=O)c2ccc3c(c2)C(=O)N(C)C3=O)C1. The van der Waals surface area contributed by atoms with Crippen LogP contribution >= 0.6 is 0 Å². The first-order valence-electron chi connectivity index (χ1n) is 8.36. The zero-order valence-electron chi connectivity index (χ0n) is 14.3. The summed E-state index contributed by atoms with van der Waals surface area (Å²) in [5.41, 5.74) is 0.907. The summed E-state index contributed by atoms with van der Waals surface area (Å²) in [7, 11) is 1.42. The van der Waals surface area contributed by atoms with Gasteiger partial charge in [0.25, 0.3) is 17.7 Å². The molecule has 1 saturated heterocycles. The van der Waals surface area contributed by atoms with Crippen LogP contribution in [0.3, 0.4) is 0 Å². The van der Waals surface area contributed by atoms with Crippen molar-refractivity contribution >= 4 is 23.7 Å². The molecule has 132 valence electrons. The van der Waals surface area contributed by atoms with Crippen LogP contribution < -0.4 is 0 Å². The third-order valence-corrected chi connectivity index (χ3v) is 4.67. The number of ether oxygens (including phenoxy) is 1. The van der Waals surface area contributed by atoms with Gasteiger partial charge in [0.05, 0.1) is 23.7 Å². The fourth-order valence-corrected chi connectivity index (χ4v) is 3.29. The van der Waals surface area contributed by atoms with Gasteiger partial charge in [0, 0.05) is 25.7 Å². The van der Waals surface area contributed by atoms with Gasteiger partial charge in [0.2, 0.25) is 0 Å². The molecule has 2 heterocycles. The molecule has 2 aliphatic heterocycles. The Morgan fingerprint density at radius 3 is 2.64 bits per heavy atom. The number of benzene rings is 1. The van der Waals surface area contributed by atoms with E-state index in [0.717, 1.165) is 11.3 Å². The Morgan fingerprint density at radius 1 is 1.20 bits per heavy atom. The number of hydrogen-bond acceptors (Lipinski definition) is 5. The molecular weight excluding hydrogens is 324 g/mol. The number of carbonyl (C=O) groups excluding carboxylic acids is 4. The van der Waals surface area contributed by atoms with Crippen molar-refractivity contribution < 1.29 is 23.9 Å². The Kier molecular flexibility index (Phi) is 4.57. The van der Waals surface area contributed by atoms with Crippen molar-refractivity contribution in [1.82, 2.24) is 9.80 Å². The van der Waals surface area contributed by atoms with Crippen molar-refractivity contribution in [3.8, 4) is 0 Å². The molecule has 25 heavy (non-hydrogen) atoms. The van der Waals surface area contributed by atoms with Gasteiger partial charge in [-0.2, -0.15) is 0 Å². The number of piperidine rings is 1. The summed E-state index contributed by atoms with van der Waals surface area (Å²) in [5.74, 6) is -1.61.